The van der Waals surface area contributed by atoms with Gasteiger partial charge in [0.25, 0.3) is 0 Å². The minimum Gasteiger partial charge on any atom is -0.268 e. The monoisotopic (exact) mass is 364 g/mol. The van der Waals surface area contributed by atoms with Gasteiger partial charge in [-0.3, -0.25) is 4.68 Å². The van der Waals surface area contributed by atoms with Crippen LogP contribution in [0.4, 0.5) is 0 Å². The van der Waals surface area contributed by atoms with Crippen molar-refractivity contribution in [3.63, 3.8) is 0 Å². The van der Waals surface area contributed by atoms with Crippen LogP contribution in [0.25, 0.3) is 0 Å². The fourth-order valence-electron chi connectivity index (χ4n) is 1.95. The van der Waals surface area contributed by atoms with Gasteiger partial charge in [0.05, 0.1) is 15.9 Å². The van der Waals surface area contributed by atoms with Crippen molar-refractivity contribution in [1.82, 2.24) is 9.78 Å². The van der Waals surface area contributed by atoms with Crippen LogP contribution >= 0.6 is 31.9 Å². The van der Waals surface area contributed by atoms with Crippen LogP contribution in [0.2, 0.25) is 0 Å². The Balaban J connectivity index is 2.66. The Morgan fingerprint density at radius 3 is 2.53 bits per heavy atom. The van der Waals surface area contributed by atoms with Crippen LogP contribution in [0, 0.1) is 0 Å². The van der Waals surface area contributed by atoms with E-state index in [1.807, 2.05) is 0 Å². The van der Waals surface area contributed by atoms with Gasteiger partial charge in [-0.2, -0.15) is 5.10 Å². The first-order valence-corrected chi connectivity index (χ1v) is 8.22. The Hall–Kier alpha value is 0.170. The van der Waals surface area contributed by atoms with Crippen LogP contribution in [-0.2, 0) is 19.4 Å². The van der Waals surface area contributed by atoms with Gasteiger partial charge in [-0.25, -0.2) is 0 Å². The van der Waals surface area contributed by atoms with Gasteiger partial charge < -0.3 is 0 Å². The highest BCUT2D eigenvalue weighted by Gasteiger charge is 2.13. The van der Waals surface area contributed by atoms with Gasteiger partial charge in [-0.1, -0.05) is 29.8 Å². The first-order valence-electron chi connectivity index (χ1n) is 6.52. The second-order valence-electron chi connectivity index (χ2n) is 4.27. The molecule has 0 fully saturated rings. The fraction of sp³-hybridized carbons (Fsp3) is 0.769. The quantitative estimate of drug-likeness (QED) is 0.639. The molecule has 98 valence electrons. The molecule has 17 heavy (non-hydrogen) atoms. The molecule has 1 unspecified atom stereocenters. The molecule has 0 radical (unpaired) electrons. The summed E-state index contributed by atoms with van der Waals surface area (Å²) in [5.41, 5.74) is 2.55. The average Bonchev–Trinajstić information content (AvgIpc) is 2.65. The molecule has 0 aliphatic carbocycles. The third-order valence-corrected chi connectivity index (χ3v) is 5.09. The molecular weight excluding hydrogens is 344 g/mol. The Morgan fingerprint density at radius 2 is 2.00 bits per heavy atom. The first-order chi connectivity index (χ1) is 8.13. The molecule has 2 nitrogen and oxygen atoms in total. The fourth-order valence-corrected chi connectivity index (χ4v) is 3.04. The van der Waals surface area contributed by atoms with Crippen molar-refractivity contribution in [3.05, 3.63) is 15.9 Å². The topological polar surface area (TPSA) is 17.8 Å². The smallest absolute Gasteiger partial charge is 0.0766 e. The van der Waals surface area contributed by atoms with Crippen molar-refractivity contribution >= 4 is 31.9 Å². The van der Waals surface area contributed by atoms with Gasteiger partial charge in [-0.05, 0) is 55.0 Å². The van der Waals surface area contributed by atoms with Crippen LogP contribution in [0.1, 0.15) is 51.4 Å². The Bertz CT molecular complexity index is 347. The normalized spacial score (nSPS) is 13.0. The second kappa shape index (κ2) is 7.57. The number of aryl methyl sites for hydroxylation is 2. The molecular formula is C13H22Br2N2. The molecule has 0 saturated carbocycles. The maximum absolute atomic E-state index is 4.62. The Labute approximate surface area is 121 Å². The van der Waals surface area contributed by atoms with Crippen LogP contribution in [0.3, 0.4) is 0 Å². The second-order valence-corrected chi connectivity index (χ2v) is 6.36. The van der Waals surface area contributed by atoms with Crippen molar-refractivity contribution in [1.29, 1.82) is 0 Å². The number of rotatable bonds is 7. The number of halogens is 2. The van der Waals surface area contributed by atoms with E-state index in [1.54, 1.807) is 0 Å². The highest BCUT2D eigenvalue weighted by atomic mass is 79.9. The molecule has 0 N–H and O–H groups in total. The van der Waals surface area contributed by atoms with E-state index in [1.165, 1.54) is 35.1 Å². The highest BCUT2D eigenvalue weighted by molar-refractivity contribution is 9.10. The van der Waals surface area contributed by atoms with Gasteiger partial charge in [0.1, 0.15) is 0 Å². The number of alkyl halides is 1. The third kappa shape index (κ3) is 4.09. The van der Waals surface area contributed by atoms with E-state index in [0.29, 0.717) is 4.83 Å². The van der Waals surface area contributed by atoms with Crippen molar-refractivity contribution in [2.45, 2.75) is 64.2 Å². The summed E-state index contributed by atoms with van der Waals surface area (Å²) in [6.07, 6.45) is 5.77. The molecule has 1 heterocycles. The van der Waals surface area contributed by atoms with Crippen molar-refractivity contribution in [3.8, 4) is 0 Å². The highest BCUT2D eigenvalue weighted by Crippen LogP contribution is 2.24. The average molecular weight is 366 g/mol. The van der Waals surface area contributed by atoms with Crippen LogP contribution < -0.4 is 0 Å². The van der Waals surface area contributed by atoms with E-state index in [4.69, 9.17) is 0 Å². The van der Waals surface area contributed by atoms with Crippen molar-refractivity contribution in [2.75, 3.05) is 0 Å². The summed E-state index contributed by atoms with van der Waals surface area (Å²) >= 11 is 7.38. The van der Waals surface area contributed by atoms with Crippen LogP contribution in [0.5, 0.6) is 0 Å². The molecule has 0 spiro atoms. The lowest BCUT2D eigenvalue weighted by Gasteiger charge is -2.08. The van der Waals surface area contributed by atoms with E-state index in [-0.39, 0.29) is 0 Å². The summed E-state index contributed by atoms with van der Waals surface area (Å²) in [6, 6.07) is 0. The third-order valence-electron chi connectivity index (χ3n) is 3.07. The predicted octanol–water partition coefficient (Wildman–Crippen LogP) is 4.72. The van der Waals surface area contributed by atoms with Gasteiger partial charge >= 0.3 is 0 Å². The molecule has 4 heteroatoms. The van der Waals surface area contributed by atoms with E-state index in [2.05, 4.69) is 62.4 Å². The van der Waals surface area contributed by atoms with Crippen molar-refractivity contribution in [2.24, 2.45) is 0 Å². The first kappa shape index (κ1) is 15.2. The van der Waals surface area contributed by atoms with Gasteiger partial charge in [-0.15, -0.1) is 0 Å². The molecule has 1 rings (SSSR count). The summed E-state index contributed by atoms with van der Waals surface area (Å²) < 4.78 is 3.36. The predicted molar refractivity (Wildman–Crippen MR) is 80.9 cm³/mol. The minimum atomic E-state index is 0.657. The lowest BCUT2D eigenvalue weighted by atomic mass is 10.1. The molecule has 1 aromatic rings. The maximum atomic E-state index is 4.62. The lowest BCUT2D eigenvalue weighted by molar-refractivity contribution is 0.590. The molecule has 0 aromatic carbocycles. The minimum absolute atomic E-state index is 0.657. The Kier molecular flexibility index (Phi) is 6.78. The van der Waals surface area contributed by atoms with Gasteiger partial charge in [0, 0.05) is 11.4 Å². The lowest BCUT2D eigenvalue weighted by Crippen LogP contribution is -2.04. The Morgan fingerprint density at radius 1 is 1.29 bits per heavy atom. The molecule has 0 bridgehead atoms. The zero-order valence-electron chi connectivity index (χ0n) is 11.0. The summed E-state index contributed by atoms with van der Waals surface area (Å²) in [4.78, 5) is 0.657. The number of hydrogen-bond donors (Lipinski definition) is 0. The SMILES string of the molecule is CCc1nn(CC)c(CCCC(Br)CC)c1Br. The number of hydrogen-bond acceptors (Lipinski definition) is 1. The molecule has 0 aliphatic heterocycles. The van der Waals surface area contributed by atoms with E-state index >= 15 is 0 Å². The molecule has 0 aliphatic rings. The van der Waals surface area contributed by atoms with Crippen LogP contribution in [-0.4, -0.2) is 14.6 Å². The molecule has 0 amide bonds. The van der Waals surface area contributed by atoms with Gasteiger partial charge in [0.15, 0.2) is 0 Å². The summed E-state index contributed by atoms with van der Waals surface area (Å²) in [6.45, 7) is 7.49. The maximum Gasteiger partial charge on any atom is 0.0766 e. The van der Waals surface area contributed by atoms with Crippen LogP contribution in [0.15, 0.2) is 4.47 Å². The van der Waals surface area contributed by atoms with Crippen molar-refractivity contribution < 1.29 is 0 Å². The standard InChI is InChI=1S/C13H22Br2N2/c1-4-10(14)8-7-9-12-13(15)11(5-2)16-17(12)6-3/h10H,4-9H2,1-3H3. The zero-order valence-corrected chi connectivity index (χ0v) is 14.1. The van der Waals surface area contributed by atoms with E-state index in [9.17, 15) is 0 Å². The largest absolute Gasteiger partial charge is 0.268 e. The summed E-state index contributed by atoms with van der Waals surface area (Å²) in [7, 11) is 0. The summed E-state index contributed by atoms with van der Waals surface area (Å²) in [5, 5.41) is 4.62. The number of aromatic nitrogens is 2. The molecule has 0 saturated heterocycles. The molecule has 1 atom stereocenters. The zero-order chi connectivity index (χ0) is 12.8. The summed E-state index contributed by atoms with van der Waals surface area (Å²) in [5.74, 6) is 0. The van der Waals surface area contributed by atoms with Gasteiger partial charge in [0.2, 0.25) is 0 Å². The number of nitrogens with zero attached hydrogens (tertiary/aromatic N) is 2. The van der Waals surface area contributed by atoms with E-state index < -0.39 is 0 Å². The molecule has 1 aromatic heterocycles. The van der Waals surface area contributed by atoms with E-state index in [0.717, 1.165) is 19.4 Å².